The van der Waals surface area contributed by atoms with Crippen molar-refractivity contribution in [2.75, 3.05) is 6.54 Å². The van der Waals surface area contributed by atoms with Crippen molar-refractivity contribution >= 4 is 11.3 Å². The molecule has 0 amide bonds. The fourth-order valence-corrected chi connectivity index (χ4v) is 3.21. The first-order valence-corrected chi connectivity index (χ1v) is 6.99. The maximum absolute atomic E-state index is 9.61. The molecule has 0 aliphatic carbocycles. The fraction of sp³-hybridized carbons (Fsp3) is 0.692. The number of thiophene rings is 1. The molecule has 92 valence electrons. The van der Waals surface area contributed by atoms with E-state index in [1.807, 2.05) is 11.3 Å². The van der Waals surface area contributed by atoms with Gasteiger partial charge in [0.05, 0.1) is 6.10 Å². The molecule has 2 nitrogen and oxygen atoms in total. The highest BCUT2D eigenvalue weighted by molar-refractivity contribution is 7.12. The summed E-state index contributed by atoms with van der Waals surface area (Å²) in [6.45, 7) is 4.74. The van der Waals surface area contributed by atoms with Crippen molar-refractivity contribution in [1.29, 1.82) is 0 Å². The Hall–Kier alpha value is -0.380. The second kappa shape index (κ2) is 7.05. The van der Waals surface area contributed by atoms with E-state index in [0.29, 0.717) is 12.5 Å². The minimum absolute atomic E-state index is 0.360. The Kier molecular flexibility index (Phi) is 6.03. The van der Waals surface area contributed by atoms with E-state index in [-0.39, 0.29) is 6.10 Å². The Morgan fingerprint density at radius 2 is 2.12 bits per heavy atom. The van der Waals surface area contributed by atoms with Crippen LogP contribution in [0.3, 0.4) is 0 Å². The molecular weight excluding hydrogens is 218 g/mol. The summed E-state index contributed by atoms with van der Waals surface area (Å²) in [5.74, 6) is 0.467. The molecule has 0 aliphatic rings. The number of aryl methyl sites for hydroxylation is 1. The fourth-order valence-electron chi connectivity index (χ4n) is 1.90. The molecule has 0 bridgehead atoms. The smallest absolute Gasteiger partial charge is 0.0668 e. The van der Waals surface area contributed by atoms with Gasteiger partial charge >= 0.3 is 0 Å². The lowest BCUT2D eigenvalue weighted by Crippen LogP contribution is -2.21. The molecule has 1 aromatic heterocycles. The van der Waals surface area contributed by atoms with Gasteiger partial charge < -0.3 is 10.8 Å². The summed E-state index contributed by atoms with van der Waals surface area (Å²) in [6.07, 6.45) is 3.87. The third-order valence-corrected chi connectivity index (χ3v) is 4.21. The third-order valence-electron chi connectivity index (χ3n) is 2.90. The molecule has 2 unspecified atom stereocenters. The van der Waals surface area contributed by atoms with E-state index in [4.69, 9.17) is 5.73 Å². The Balaban J connectivity index is 2.63. The normalized spacial score (nSPS) is 15.0. The molecule has 0 fully saturated rings. The SMILES string of the molecule is CCCc1ccc(C(CC)CC(O)CN)s1. The molecule has 0 saturated heterocycles. The summed E-state index contributed by atoms with van der Waals surface area (Å²) >= 11 is 1.89. The molecule has 0 aromatic carbocycles. The van der Waals surface area contributed by atoms with Crippen molar-refractivity contribution in [2.24, 2.45) is 5.73 Å². The van der Waals surface area contributed by atoms with Crippen LogP contribution in [0.25, 0.3) is 0 Å². The van der Waals surface area contributed by atoms with E-state index in [9.17, 15) is 5.11 Å². The number of hydrogen-bond acceptors (Lipinski definition) is 3. The van der Waals surface area contributed by atoms with Gasteiger partial charge in [0.1, 0.15) is 0 Å². The lowest BCUT2D eigenvalue weighted by Gasteiger charge is -2.16. The number of nitrogens with two attached hydrogens (primary N) is 1. The van der Waals surface area contributed by atoms with Crippen LogP contribution in [0.5, 0.6) is 0 Å². The van der Waals surface area contributed by atoms with Gasteiger partial charge in [-0.05, 0) is 37.3 Å². The summed E-state index contributed by atoms with van der Waals surface area (Å²) in [5.41, 5.74) is 5.46. The summed E-state index contributed by atoms with van der Waals surface area (Å²) in [4.78, 5) is 2.86. The molecule has 0 radical (unpaired) electrons. The average Bonchev–Trinajstić information content (AvgIpc) is 2.74. The van der Waals surface area contributed by atoms with E-state index >= 15 is 0 Å². The predicted molar refractivity (Wildman–Crippen MR) is 71.0 cm³/mol. The van der Waals surface area contributed by atoms with Gasteiger partial charge in [0.15, 0.2) is 0 Å². The Labute approximate surface area is 102 Å². The van der Waals surface area contributed by atoms with Crippen molar-refractivity contribution < 1.29 is 5.11 Å². The zero-order valence-electron chi connectivity index (χ0n) is 10.3. The first-order valence-electron chi connectivity index (χ1n) is 6.17. The van der Waals surface area contributed by atoms with Crippen LogP contribution in [0.1, 0.15) is 48.8 Å². The first kappa shape index (κ1) is 13.7. The standard InChI is InChI=1S/C13H23NOS/c1-3-5-12-6-7-13(16-12)10(4-2)8-11(15)9-14/h6-7,10-11,15H,3-5,8-9,14H2,1-2H3. The first-order chi connectivity index (χ1) is 7.71. The van der Waals surface area contributed by atoms with E-state index in [1.54, 1.807) is 0 Å². The van der Waals surface area contributed by atoms with Gasteiger partial charge in [-0.1, -0.05) is 20.3 Å². The van der Waals surface area contributed by atoms with Gasteiger partial charge in [-0.15, -0.1) is 11.3 Å². The Morgan fingerprint density at radius 1 is 1.38 bits per heavy atom. The van der Waals surface area contributed by atoms with Gasteiger partial charge in [0.25, 0.3) is 0 Å². The van der Waals surface area contributed by atoms with Crippen molar-refractivity contribution in [3.63, 3.8) is 0 Å². The minimum atomic E-state index is -0.360. The van der Waals surface area contributed by atoms with Crippen LogP contribution in [0.2, 0.25) is 0 Å². The Bertz CT molecular complexity index is 298. The monoisotopic (exact) mass is 241 g/mol. The molecule has 3 N–H and O–H groups in total. The molecule has 1 aromatic rings. The van der Waals surface area contributed by atoms with Crippen LogP contribution >= 0.6 is 11.3 Å². The number of rotatable bonds is 7. The highest BCUT2D eigenvalue weighted by atomic mass is 32.1. The van der Waals surface area contributed by atoms with Crippen molar-refractivity contribution in [3.05, 3.63) is 21.9 Å². The molecule has 3 heteroatoms. The molecule has 1 heterocycles. The van der Waals surface area contributed by atoms with Crippen LogP contribution < -0.4 is 5.73 Å². The maximum Gasteiger partial charge on any atom is 0.0668 e. The number of aliphatic hydroxyl groups is 1. The van der Waals surface area contributed by atoms with E-state index in [0.717, 1.165) is 12.8 Å². The summed E-state index contributed by atoms with van der Waals surface area (Å²) < 4.78 is 0. The molecule has 0 aliphatic heterocycles. The summed E-state index contributed by atoms with van der Waals surface area (Å²) in [7, 11) is 0. The third kappa shape index (κ3) is 3.89. The Morgan fingerprint density at radius 3 is 2.69 bits per heavy atom. The van der Waals surface area contributed by atoms with Crippen molar-refractivity contribution in [3.8, 4) is 0 Å². The topological polar surface area (TPSA) is 46.2 Å². The van der Waals surface area contributed by atoms with Crippen LogP contribution in [0.4, 0.5) is 0 Å². The molecule has 0 saturated carbocycles. The van der Waals surface area contributed by atoms with Crippen LogP contribution in [-0.2, 0) is 6.42 Å². The van der Waals surface area contributed by atoms with Crippen LogP contribution in [0.15, 0.2) is 12.1 Å². The van der Waals surface area contributed by atoms with Gasteiger partial charge in [0.2, 0.25) is 0 Å². The lowest BCUT2D eigenvalue weighted by molar-refractivity contribution is 0.162. The van der Waals surface area contributed by atoms with E-state index in [2.05, 4.69) is 26.0 Å². The van der Waals surface area contributed by atoms with Gasteiger partial charge in [-0.25, -0.2) is 0 Å². The molecule has 1 rings (SSSR count). The van der Waals surface area contributed by atoms with E-state index < -0.39 is 0 Å². The number of hydrogen-bond donors (Lipinski definition) is 2. The summed E-state index contributed by atoms with van der Waals surface area (Å²) in [6, 6.07) is 4.44. The molecular formula is C13H23NOS. The zero-order chi connectivity index (χ0) is 12.0. The van der Waals surface area contributed by atoms with Gasteiger partial charge in [-0.2, -0.15) is 0 Å². The van der Waals surface area contributed by atoms with Crippen molar-refractivity contribution in [2.45, 2.75) is 51.6 Å². The largest absolute Gasteiger partial charge is 0.392 e. The predicted octanol–water partition coefficient (Wildman–Crippen LogP) is 2.90. The highest BCUT2D eigenvalue weighted by Gasteiger charge is 2.15. The number of aliphatic hydroxyl groups excluding tert-OH is 1. The second-order valence-electron chi connectivity index (χ2n) is 4.28. The van der Waals surface area contributed by atoms with E-state index in [1.165, 1.54) is 22.6 Å². The van der Waals surface area contributed by atoms with Crippen molar-refractivity contribution in [1.82, 2.24) is 0 Å². The maximum atomic E-state index is 9.61. The summed E-state index contributed by atoms with van der Waals surface area (Å²) in [5, 5.41) is 9.61. The molecule has 16 heavy (non-hydrogen) atoms. The van der Waals surface area contributed by atoms with Gasteiger partial charge in [0, 0.05) is 16.3 Å². The second-order valence-corrected chi connectivity index (χ2v) is 5.48. The van der Waals surface area contributed by atoms with Gasteiger partial charge in [-0.3, -0.25) is 0 Å². The van der Waals surface area contributed by atoms with Crippen LogP contribution in [0, 0.1) is 0 Å². The van der Waals surface area contributed by atoms with Crippen LogP contribution in [-0.4, -0.2) is 17.8 Å². The molecule has 0 spiro atoms. The average molecular weight is 241 g/mol. The minimum Gasteiger partial charge on any atom is -0.392 e. The lowest BCUT2D eigenvalue weighted by atomic mass is 9.97. The highest BCUT2D eigenvalue weighted by Crippen LogP contribution is 2.31. The molecule has 2 atom stereocenters. The zero-order valence-corrected chi connectivity index (χ0v) is 11.1. The quantitative estimate of drug-likeness (QED) is 0.771.